The molecular formula is C12H24IN. The number of rotatable bonds is 5. The van der Waals surface area contributed by atoms with E-state index in [1.165, 1.54) is 18.6 Å². The van der Waals surface area contributed by atoms with Crippen molar-refractivity contribution in [2.75, 3.05) is 7.05 Å². The standard InChI is InChI=1S/C12H24IN/c1-7-9-11(3,4)10(14-6)12(5,13)8-2/h7-9H2,1-6H3. The highest BCUT2D eigenvalue weighted by molar-refractivity contribution is 14.1. The second kappa shape index (κ2) is 5.47. The lowest BCUT2D eigenvalue weighted by atomic mass is 9.77. The predicted octanol–water partition coefficient (Wildman–Crippen LogP) is 4.49. The number of halogens is 1. The molecular weight excluding hydrogens is 285 g/mol. The second-order valence-corrected chi connectivity index (χ2v) is 7.14. The first-order valence-corrected chi connectivity index (χ1v) is 6.56. The summed E-state index contributed by atoms with van der Waals surface area (Å²) in [6.45, 7) is 11.4. The fourth-order valence-corrected chi connectivity index (χ4v) is 3.12. The van der Waals surface area contributed by atoms with Gasteiger partial charge in [-0.25, -0.2) is 0 Å². The number of hydrogen-bond donors (Lipinski definition) is 0. The van der Waals surface area contributed by atoms with Crippen LogP contribution in [0.1, 0.15) is 53.9 Å². The van der Waals surface area contributed by atoms with Gasteiger partial charge in [0.2, 0.25) is 0 Å². The maximum Gasteiger partial charge on any atom is 0.0573 e. The maximum atomic E-state index is 4.53. The summed E-state index contributed by atoms with van der Waals surface area (Å²) in [7, 11) is 1.93. The van der Waals surface area contributed by atoms with Crippen molar-refractivity contribution in [1.29, 1.82) is 0 Å². The van der Waals surface area contributed by atoms with E-state index < -0.39 is 0 Å². The molecule has 0 spiro atoms. The van der Waals surface area contributed by atoms with Gasteiger partial charge in [0.1, 0.15) is 0 Å². The van der Waals surface area contributed by atoms with Crippen LogP contribution in [0.3, 0.4) is 0 Å². The molecule has 2 heteroatoms. The molecule has 0 aliphatic heterocycles. The van der Waals surface area contributed by atoms with Crippen LogP contribution in [-0.4, -0.2) is 16.2 Å². The lowest BCUT2D eigenvalue weighted by Gasteiger charge is -2.35. The van der Waals surface area contributed by atoms with Crippen LogP contribution in [0.15, 0.2) is 4.99 Å². The summed E-state index contributed by atoms with van der Waals surface area (Å²) in [4.78, 5) is 4.53. The third-order valence-corrected chi connectivity index (χ3v) is 4.17. The molecule has 1 unspecified atom stereocenters. The summed E-state index contributed by atoms with van der Waals surface area (Å²) in [6.07, 6.45) is 3.59. The summed E-state index contributed by atoms with van der Waals surface area (Å²) in [5, 5.41) is 0. The van der Waals surface area contributed by atoms with E-state index in [0.717, 1.165) is 6.42 Å². The van der Waals surface area contributed by atoms with Gasteiger partial charge in [-0.1, -0.05) is 56.7 Å². The molecule has 1 nitrogen and oxygen atoms in total. The Kier molecular flexibility index (Phi) is 5.63. The Morgan fingerprint density at radius 2 is 1.71 bits per heavy atom. The number of hydrogen-bond acceptors (Lipinski definition) is 1. The largest absolute Gasteiger partial charge is 0.295 e. The Labute approximate surface area is 103 Å². The zero-order valence-electron chi connectivity index (χ0n) is 10.4. The minimum absolute atomic E-state index is 0.213. The predicted molar refractivity (Wildman–Crippen MR) is 74.8 cm³/mol. The third kappa shape index (κ3) is 3.52. The van der Waals surface area contributed by atoms with E-state index in [1.807, 2.05) is 7.05 Å². The Morgan fingerprint density at radius 3 is 2.00 bits per heavy atom. The van der Waals surface area contributed by atoms with Gasteiger partial charge in [0.15, 0.2) is 0 Å². The van der Waals surface area contributed by atoms with Crippen LogP contribution in [-0.2, 0) is 0 Å². The Balaban J connectivity index is 4.91. The Hall–Kier alpha value is 0.400. The van der Waals surface area contributed by atoms with Crippen LogP contribution in [0, 0.1) is 5.41 Å². The molecule has 84 valence electrons. The summed E-state index contributed by atoms with van der Waals surface area (Å²) >= 11 is 2.54. The van der Waals surface area contributed by atoms with Crippen molar-refractivity contribution in [1.82, 2.24) is 0 Å². The molecule has 0 fully saturated rings. The van der Waals surface area contributed by atoms with Crippen molar-refractivity contribution in [2.24, 2.45) is 10.4 Å². The first-order valence-electron chi connectivity index (χ1n) is 5.48. The fourth-order valence-electron chi connectivity index (χ4n) is 2.15. The number of aliphatic imine (C=N–C) groups is 1. The van der Waals surface area contributed by atoms with Crippen LogP contribution in [0.2, 0.25) is 0 Å². The smallest absolute Gasteiger partial charge is 0.0573 e. The van der Waals surface area contributed by atoms with Crippen molar-refractivity contribution in [3.05, 3.63) is 0 Å². The molecule has 0 aromatic rings. The normalized spacial score (nSPS) is 18.1. The van der Waals surface area contributed by atoms with Gasteiger partial charge in [0.25, 0.3) is 0 Å². The molecule has 0 saturated heterocycles. The highest BCUT2D eigenvalue weighted by Crippen LogP contribution is 2.36. The fraction of sp³-hybridized carbons (Fsp3) is 0.917. The van der Waals surface area contributed by atoms with Gasteiger partial charge in [0, 0.05) is 18.2 Å². The van der Waals surface area contributed by atoms with Crippen LogP contribution in [0.25, 0.3) is 0 Å². The van der Waals surface area contributed by atoms with Crippen molar-refractivity contribution < 1.29 is 0 Å². The first-order chi connectivity index (χ1) is 6.31. The third-order valence-electron chi connectivity index (χ3n) is 2.90. The molecule has 0 aromatic carbocycles. The van der Waals surface area contributed by atoms with Gasteiger partial charge in [-0.05, 0) is 19.8 Å². The molecule has 14 heavy (non-hydrogen) atoms. The molecule has 0 aromatic heterocycles. The second-order valence-electron chi connectivity index (χ2n) is 4.76. The summed E-state index contributed by atoms with van der Waals surface area (Å²) in [6, 6.07) is 0. The van der Waals surface area contributed by atoms with Crippen molar-refractivity contribution in [3.8, 4) is 0 Å². The van der Waals surface area contributed by atoms with Crippen LogP contribution in [0.4, 0.5) is 0 Å². The lowest BCUT2D eigenvalue weighted by Crippen LogP contribution is -2.39. The summed E-state index contributed by atoms with van der Waals surface area (Å²) < 4.78 is 0.213. The first kappa shape index (κ1) is 14.4. The van der Waals surface area contributed by atoms with Gasteiger partial charge in [-0.15, -0.1) is 0 Å². The average molecular weight is 309 g/mol. The van der Waals surface area contributed by atoms with Gasteiger partial charge in [-0.3, -0.25) is 4.99 Å². The van der Waals surface area contributed by atoms with Crippen molar-refractivity contribution in [3.63, 3.8) is 0 Å². The van der Waals surface area contributed by atoms with Crippen molar-refractivity contribution in [2.45, 2.75) is 57.3 Å². The minimum atomic E-state index is 0.213. The lowest BCUT2D eigenvalue weighted by molar-refractivity contribution is 0.451. The van der Waals surface area contributed by atoms with Gasteiger partial charge in [0.05, 0.1) is 3.42 Å². The molecule has 0 bridgehead atoms. The summed E-state index contributed by atoms with van der Waals surface area (Å²) in [5.41, 5.74) is 1.60. The topological polar surface area (TPSA) is 12.4 Å². The number of alkyl halides is 1. The molecule has 0 radical (unpaired) electrons. The summed E-state index contributed by atoms with van der Waals surface area (Å²) in [5.74, 6) is 0. The van der Waals surface area contributed by atoms with Gasteiger partial charge < -0.3 is 0 Å². The molecule has 0 aliphatic rings. The van der Waals surface area contributed by atoms with Gasteiger partial charge in [-0.2, -0.15) is 0 Å². The molecule has 0 saturated carbocycles. The zero-order valence-corrected chi connectivity index (χ0v) is 12.6. The quantitative estimate of drug-likeness (QED) is 0.403. The zero-order chi connectivity index (χ0) is 11.4. The average Bonchev–Trinajstić information content (AvgIpc) is 2.04. The molecule has 0 aliphatic carbocycles. The van der Waals surface area contributed by atoms with E-state index >= 15 is 0 Å². The van der Waals surface area contributed by atoms with E-state index in [-0.39, 0.29) is 8.84 Å². The molecule has 0 heterocycles. The highest BCUT2D eigenvalue weighted by atomic mass is 127. The molecule has 0 rings (SSSR count). The monoisotopic (exact) mass is 309 g/mol. The minimum Gasteiger partial charge on any atom is -0.295 e. The van der Waals surface area contributed by atoms with Crippen LogP contribution >= 0.6 is 22.6 Å². The van der Waals surface area contributed by atoms with E-state index in [4.69, 9.17) is 0 Å². The molecule has 0 amide bonds. The Morgan fingerprint density at radius 1 is 1.21 bits per heavy atom. The maximum absolute atomic E-state index is 4.53. The number of nitrogens with zero attached hydrogens (tertiary/aromatic N) is 1. The van der Waals surface area contributed by atoms with Crippen LogP contribution in [0.5, 0.6) is 0 Å². The molecule has 0 N–H and O–H groups in total. The van der Waals surface area contributed by atoms with E-state index in [1.54, 1.807) is 0 Å². The van der Waals surface area contributed by atoms with E-state index in [9.17, 15) is 0 Å². The SMILES string of the molecule is CCCC(C)(C)C(=NC)C(C)(I)CC. The van der Waals surface area contributed by atoms with Gasteiger partial charge >= 0.3 is 0 Å². The van der Waals surface area contributed by atoms with E-state index in [0.29, 0.717) is 0 Å². The van der Waals surface area contributed by atoms with Crippen LogP contribution < -0.4 is 0 Å². The molecule has 1 atom stereocenters. The van der Waals surface area contributed by atoms with Crippen molar-refractivity contribution >= 4 is 28.3 Å². The Bertz CT molecular complexity index is 204. The highest BCUT2D eigenvalue weighted by Gasteiger charge is 2.35. The van der Waals surface area contributed by atoms with E-state index in [2.05, 4.69) is 62.2 Å².